The fraction of sp³-hybridized carbons (Fsp3) is 0.900. The molecule has 0 radical (unpaired) electrons. The highest BCUT2D eigenvalue weighted by Crippen LogP contribution is 2.13. The third kappa shape index (κ3) is 18.0. The zero-order valence-corrected chi connectivity index (χ0v) is 16.9. The topological polar surface area (TPSA) is 63.6 Å². The number of esters is 1. The van der Waals surface area contributed by atoms with Crippen LogP contribution in [0.1, 0.15) is 103 Å². The number of hydrogen-bond donors (Lipinski definition) is 2. The highest BCUT2D eigenvalue weighted by atomic mass is 32.1. The Kier molecular flexibility index (Phi) is 17.8. The van der Waals surface area contributed by atoms with Gasteiger partial charge in [-0.2, -0.15) is 0 Å². The maximum absolute atomic E-state index is 11.3. The molecule has 1 atom stereocenters. The molecule has 148 valence electrons. The van der Waals surface area contributed by atoms with Crippen LogP contribution in [0.2, 0.25) is 0 Å². The van der Waals surface area contributed by atoms with E-state index in [2.05, 4.69) is 19.6 Å². The van der Waals surface area contributed by atoms with Crippen LogP contribution in [0.4, 0.5) is 0 Å². The molecule has 1 unspecified atom stereocenters. The van der Waals surface area contributed by atoms with Crippen LogP contribution >= 0.6 is 12.6 Å². The summed E-state index contributed by atoms with van der Waals surface area (Å²) in [5.41, 5.74) is 0. The van der Waals surface area contributed by atoms with Gasteiger partial charge in [0.05, 0.1) is 13.0 Å². The molecule has 0 heterocycles. The van der Waals surface area contributed by atoms with Crippen molar-refractivity contribution in [1.82, 2.24) is 0 Å². The molecule has 0 bridgehead atoms. The van der Waals surface area contributed by atoms with Crippen molar-refractivity contribution in [2.24, 2.45) is 0 Å². The molecule has 0 aliphatic carbocycles. The lowest BCUT2D eigenvalue weighted by molar-refractivity contribution is -0.147. The Balaban J connectivity index is 3.19. The maximum Gasteiger partial charge on any atom is 0.308 e. The molecule has 4 nitrogen and oxygen atoms in total. The van der Waals surface area contributed by atoms with Gasteiger partial charge in [0.25, 0.3) is 0 Å². The molecular weight excluding hydrogens is 336 g/mol. The SMILES string of the molecule is CCCCCCCCCCCCCCCCOC(=O)CC(O)C(=O)S. The number of hydrogen-bond acceptors (Lipinski definition) is 4. The molecule has 0 aromatic rings. The zero-order valence-electron chi connectivity index (χ0n) is 16.0. The minimum Gasteiger partial charge on any atom is -0.466 e. The molecule has 5 heteroatoms. The summed E-state index contributed by atoms with van der Waals surface area (Å²) < 4.78 is 4.98. The molecule has 0 aromatic heterocycles. The number of carbonyl (C=O) groups excluding carboxylic acids is 2. The van der Waals surface area contributed by atoms with Crippen LogP contribution in [0.5, 0.6) is 0 Å². The number of rotatable bonds is 18. The van der Waals surface area contributed by atoms with Crippen molar-refractivity contribution in [1.29, 1.82) is 0 Å². The predicted octanol–water partition coefficient (Wildman–Crippen LogP) is 5.22. The van der Waals surface area contributed by atoms with E-state index >= 15 is 0 Å². The highest BCUT2D eigenvalue weighted by Gasteiger charge is 2.16. The first-order chi connectivity index (χ1) is 12.1. The smallest absolute Gasteiger partial charge is 0.308 e. The summed E-state index contributed by atoms with van der Waals surface area (Å²) in [5, 5.41) is 8.50. The number of unbranched alkanes of at least 4 members (excludes halogenated alkanes) is 13. The fourth-order valence-electron chi connectivity index (χ4n) is 2.79. The van der Waals surface area contributed by atoms with E-state index in [1.54, 1.807) is 0 Å². The number of aliphatic hydroxyl groups excluding tert-OH is 1. The molecular formula is C20H38O4S. The van der Waals surface area contributed by atoms with Crippen molar-refractivity contribution in [2.45, 2.75) is 109 Å². The van der Waals surface area contributed by atoms with E-state index in [4.69, 9.17) is 4.74 Å². The quantitative estimate of drug-likeness (QED) is 0.196. The molecule has 0 aliphatic rings. The van der Waals surface area contributed by atoms with E-state index in [0.29, 0.717) is 6.61 Å². The first kappa shape index (κ1) is 24.5. The van der Waals surface area contributed by atoms with Crippen LogP contribution in [0.3, 0.4) is 0 Å². The Morgan fingerprint density at radius 2 is 1.20 bits per heavy atom. The van der Waals surface area contributed by atoms with Gasteiger partial charge >= 0.3 is 5.97 Å². The molecule has 0 aromatic carbocycles. The Hall–Kier alpha value is -0.550. The molecule has 25 heavy (non-hydrogen) atoms. The molecule has 0 spiro atoms. The Morgan fingerprint density at radius 1 is 0.800 bits per heavy atom. The van der Waals surface area contributed by atoms with Gasteiger partial charge in [0.1, 0.15) is 6.10 Å². The number of aliphatic hydroxyl groups is 1. The van der Waals surface area contributed by atoms with Crippen molar-refractivity contribution >= 4 is 23.7 Å². The molecule has 0 saturated carbocycles. The molecule has 0 saturated heterocycles. The second-order valence-corrected chi connectivity index (χ2v) is 7.32. The Bertz CT molecular complexity index is 334. The van der Waals surface area contributed by atoms with Crippen LogP contribution in [0.25, 0.3) is 0 Å². The zero-order chi connectivity index (χ0) is 18.8. The fourth-order valence-corrected chi connectivity index (χ4v) is 2.88. The predicted molar refractivity (Wildman–Crippen MR) is 106 cm³/mol. The maximum atomic E-state index is 11.3. The van der Waals surface area contributed by atoms with E-state index in [9.17, 15) is 14.7 Å². The van der Waals surface area contributed by atoms with Crippen LogP contribution in [-0.2, 0) is 14.3 Å². The minimum absolute atomic E-state index is 0.305. The lowest BCUT2D eigenvalue weighted by Gasteiger charge is -2.07. The van der Waals surface area contributed by atoms with E-state index < -0.39 is 17.2 Å². The summed E-state index contributed by atoms with van der Waals surface area (Å²) in [6, 6.07) is 0. The molecule has 1 N–H and O–H groups in total. The second-order valence-electron chi connectivity index (χ2n) is 6.87. The average Bonchev–Trinajstić information content (AvgIpc) is 2.58. The third-order valence-corrected chi connectivity index (χ3v) is 4.70. The van der Waals surface area contributed by atoms with Gasteiger partial charge in [-0.25, -0.2) is 0 Å². The van der Waals surface area contributed by atoms with E-state index in [1.165, 1.54) is 77.0 Å². The standard InChI is InChI=1S/C20H38O4S/c1-2-3-4-5-6-7-8-9-10-11-12-13-14-15-16-24-19(22)17-18(21)20(23)25/h18,21H,2-17H2,1H3,(H,23,25). The lowest BCUT2D eigenvalue weighted by atomic mass is 10.0. The monoisotopic (exact) mass is 374 g/mol. The molecule has 0 fully saturated rings. The summed E-state index contributed by atoms with van der Waals surface area (Å²) in [4.78, 5) is 22.0. The van der Waals surface area contributed by atoms with Gasteiger partial charge in [-0.05, 0) is 6.42 Å². The summed E-state index contributed by atoms with van der Waals surface area (Å²) >= 11 is 3.47. The van der Waals surface area contributed by atoms with Crippen molar-refractivity contribution in [3.05, 3.63) is 0 Å². The van der Waals surface area contributed by atoms with Crippen molar-refractivity contribution < 1.29 is 19.4 Å². The van der Waals surface area contributed by atoms with Crippen molar-refractivity contribution in [2.75, 3.05) is 6.61 Å². The number of ether oxygens (including phenoxy) is 1. The van der Waals surface area contributed by atoms with Crippen LogP contribution < -0.4 is 0 Å². The second kappa shape index (κ2) is 18.2. The Labute approximate surface area is 159 Å². The summed E-state index contributed by atoms with van der Waals surface area (Å²) in [5.74, 6) is -0.537. The number of thiol groups is 1. The highest BCUT2D eigenvalue weighted by molar-refractivity contribution is 7.96. The van der Waals surface area contributed by atoms with Gasteiger partial charge < -0.3 is 9.84 Å². The summed E-state index contributed by atoms with van der Waals surface area (Å²) in [7, 11) is 0. The molecule has 0 aliphatic heterocycles. The average molecular weight is 375 g/mol. The van der Waals surface area contributed by atoms with Gasteiger partial charge in [0.15, 0.2) is 0 Å². The largest absolute Gasteiger partial charge is 0.466 e. The van der Waals surface area contributed by atoms with Gasteiger partial charge in [0, 0.05) is 0 Å². The van der Waals surface area contributed by atoms with E-state index in [1.807, 2.05) is 0 Å². The first-order valence-electron chi connectivity index (χ1n) is 10.1. The summed E-state index contributed by atoms with van der Waals surface area (Å²) in [6.07, 6.45) is 16.3. The van der Waals surface area contributed by atoms with Gasteiger partial charge in [-0.3, -0.25) is 9.59 Å². The van der Waals surface area contributed by atoms with Crippen LogP contribution in [0.15, 0.2) is 0 Å². The van der Waals surface area contributed by atoms with Crippen LogP contribution in [0, 0.1) is 0 Å². The van der Waals surface area contributed by atoms with Crippen molar-refractivity contribution in [3.8, 4) is 0 Å². The third-order valence-electron chi connectivity index (χ3n) is 4.41. The normalized spacial score (nSPS) is 12.1. The van der Waals surface area contributed by atoms with Crippen LogP contribution in [-0.4, -0.2) is 28.9 Å². The lowest BCUT2D eigenvalue weighted by Crippen LogP contribution is -2.21. The van der Waals surface area contributed by atoms with Gasteiger partial charge in [0.2, 0.25) is 5.12 Å². The minimum atomic E-state index is -1.35. The summed E-state index contributed by atoms with van der Waals surface area (Å²) in [6.45, 7) is 2.62. The van der Waals surface area contributed by atoms with E-state index in [-0.39, 0.29) is 6.42 Å². The van der Waals surface area contributed by atoms with E-state index in [0.717, 1.165) is 12.8 Å². The Morgan fingerprint density at radius 3 is 1.60 bits per heavy atom. The van der Waals surface area contributed by atoms with Gasteiger partial charge in [-0.15, -0.1) is 12.6 Å². The number of carbonyl (C=O) groups is 2. The molecule has 0 rings (SSSR count). The first-order valence-corrected chi connectivity index (χ1v) is 10.6. The van der Waals surface area contributed by atoms with Crippen molar-refractivity contribution in [3.63, 3.8) is 0 Å². The van der Waals surface area contributed by atoms with Gasteiger partial charge in [-0.1, -0.05) is 90.4 Å². The molecule has 0 amide bonds.